The lowest BCUT2D eigenvalue weighted by Crippen LogP contribution is -2.33. The van der Waals surface area contributed by atoms with Crippen LogP contribution >= 0.6 is 0 Å². The highest BCUT2D eigenvalue weighted by Gasteiger charge is 2.43. The third-order valence-electron chi connectivity index (χ3n) is 12.9. The lowest BCUT2D eigenvalue weighted by atomic mass is 9.70. The van der Waals surface area contributed by atoms with E-state index in [1.165, 1.54) is 66.9 Å². The maximum atomic E-state index is 6.72. The molecule has 2 aliphatic heterocycles. The largest absolute Gasteiger partial charge is 0.453 e. The molecule has 3 heteroatoms. The van der Waals surface area contributed by atoms with E-state index in [1.54, 1.807) is 0 Å². The van der Waals surface area contributed by atoms with Crippen molar-refractivity contribution in [3.8, 4) is 44.9 Å². The lowest BCUT2D eigenvalue weighted by Gasteiger charge is -2.46. The van der Waals surface area contributed by atoms with Gasteiger partial charge in [-0.15, -0.1) is 0 Å². The molecular formula is C55H44N2O. The van der Waals surface area contributed by atoms with Crippen molar-refractivity contribution in [3.63, 3.8) is 0 Å². The minimum atomic E-state index is -0.286. The first-order valence-corrected chi connectivity index (χ1v) is 20.4. The van der Waals surface area contributed by atoms with Gasteiger partial charge in [0, 0.05) is 27.8 Å². The molecule has 3 aliphatic rings. The third kappa shape index (κ3) is 4.92. The predicted octanol–water partition coefficient (Wildman–Crippen LogP) is 15.3. The zero-order chi connectivity index (χ0) is 39.3. The number of para-hydroxylation sites is 3. The topological polar surface area (TPSA) is 15.7 Å². The number of fused-ring (bicyclic) bond motifs is 7. The van der Waals surface area contributed by atoms with E-state index >= 15 is 0 Å². The zero-order valence-electron chi connectivity index (χ0n) is 33.5. The molecule has 0 radical (unpaired) electrons. The van der Waals surface area contributed by atoms with Crippen LogP contribution in [-0.4, -0.2) is 0 Å². The van der Waals surface area contributed by atoms with Crippen molar-refractivity contribution >= 4 is 34.1 Å². The molecule has 8 aromatic rings. The Labute approximate surface area is 341 Å². The molecule has 11 rings (SSSR count). The van der Waals surface area contributed by atoms with Crippen LogP contribution in [0.15, 0.2) is 176 Å². The maximum absolute atomic E-state index is 6.72. The van der Waals surface area contributed by atoms with E-state index in [4.69, 9.17) is 4.74 Å². The van der Waals surface area contributed by atoms with Crippen LogP contribution in [0.3, 0.4) is 0 Å². The highest BCUT2D eigenvalue weighted by atomic mass is 16.5. The number of benzene rings is 8. The van der Waals surface area contributed by atoms with Crippen LogP contribution in [0.25, 0.3) is 33.4 Å². The normalized spacial score (nSPS) is 14.7. The summed E-state index contributed by atoms with van der Waals surface area (Å²) in [6.07, 6.45) is 0. The smallest absolute Gasteiger partial charge is 0.151 e. The second-order valence-corrected chi connectivity index (χ2v) is 17.0. The van der Waals surface area contributed by atoms with Gasteiger partial charge in [-0.3, -0.25) is 0 Å². The monoisotopic (exact) mass is 748 g/mol. The molecule has 0 spiro atoms. The number of hydrogen-bond donors (Lipinski definition) is 0. The molecule has 2 heterocycles. The van der Waals surface area contributed by atoms with E-state index in [0.717, 1.165) is 39.9 Å². The van der Waals surface area contributed by atoms with Gasteiger partial charge in [0.1, 0.15) is 0 Å². The van der Waals surface area contributed by atoms with Crippen LogP contribution in [0.2, 0.25) is 0 Å². The van der Waals surface area contributed by atoms with Gasteiger partial charge in [-0.05, 0) is 111 Å². The van der Waals surface area contributed by atoms with E-state index in [-0.39, 0.29) is 10.8 Å². The van der Waals surface area contributed by atoms with Crippen LogP contribution in [-0.2, 0) is 10.8 Å². The van der Waals surface area contributed by atoms with Gasteiger partial charge in [0.15, 0.2) is 11.5 Å². The predicted molar refractivity (Wildman–Crippen MR) is 241 cm³/mol. The summed E-state index contributed by atoms with van der Waals surface area (Å²) in [7, 11) is 0. The summed E-state index contributed by atoms with van der Waals surface area (Å²) in [6.45, 7) is 11.6. The van der Waals surface area contributed by atoms with E-state index in [1.807, 2.05) is 0 Å². The van der Waals surface area contributed by atoms with Crippen molar-refractivity contribution in [1.29, 1.82) is 0 Å². The van der Waals surface area contributed by atoms with Crippen molar-refractivity contribution in [2.75, 3.05) is 9.80 Å². The van der Waals surface area contributed by atoms with Gasteiger partial charge >= 0.3 is 0 Å². The van der Waals surface area contributed by atoms with Crippen LogP contribution in [0.4, 0.5) is 34.1 Å². The summed E-state index contributed by atoms with van der Waals surface area (Å²) in [6, 6.07) is 64.3. The standard InChI is InChI=1S/C55H44N2O/c1-35-16-15-25-49-52(35)57-48-24-14-12-22-45(48)55(4,5)51-41(32-33-50(58-49)53(51)57)37-26-28-38(29-27-37)56(47-23-13-10-19-40(47)36-17-7-6-8-18-36)39-30-31-43-42-20-9-11-21-44(42)54(2,3)46(43)34-39/h6-34H,1-5H3. The molecule has 0 aromatic heterocycles. The molecule has 1 aliphatic carbocycles. The summed E-state index contributed by atoms with van der Waals surface area (Å²) in [5, 5.41) is 0. The fourth-order valence-electron chi connectivity index (χ4n) is 10.1. The van der Waals surface area contributed by atoms with Crippen LogP contribution in [0.5, 0.6) is 11.5 Å². The Kier molecular flexibility index (Phi) is 7.46. The second-order valence-electron chi connectivity index (χ2n) is 17.0. The molecule has 0 saturated heterocycles. The lowest BCUT2D eigenvalue weighted by molar-refractivity contribution is 0.471. The number of nitrogens with zero attached hydrogens (tertiary/aromatic N) is 2. The average molecular weight is 749 g/mol. The highest BCUT2D eigenvalue weighted by molar-refractivity contribution is 5.98. The van der Waals surface area contributed by atoms with Gasteiger partial charge in [-0.1, -0.05) is 155 Å². The molecule has 8 aromatic carbocycles. The van der Waals surface area contributed by atoms with E-state index in [0.29, 0.717) is 0 Å². The van der Waals surface area contributed by atoms with Crippen molar-refractivity contribution < 1.29 is 4.74 Å². The maximum Gasteiger partial charge on any atom is 0.151 e. The van der Waals surface area contributed by atoms with E-state index in [2.05, 4.69) is 220 Å². The number of hydrogen-bond acceptors (Lipinski definition) is 3. The molecule has 0 unspecified atom stereocenters. The van der Waals surface area contributed by atoms with Gasteiger partial charge in [-0.25, -0.2) is 0 Å². The molecule has 0 bridgehead atoms. The first-order valence-electron chi connectivity index (χ1n) is 20.4. The molecule has 0 saturated carbocycles. The number of anilines is 6. The Morgan fingerprint density at radius 3 is 1.88 bits per heavy atom. The Morgan fingerprint density at radius 2 is 1.07 bits per heavy atom. The molecule has 0 fully saturated rings. The van der Waals surface area contributed by atoms with Gasteiger partial charge in [0.2, 0.25) is 0 Å². The van der Waals surface area contributed by atoms with Gasteiger partial charge in [0.25, 0.3) is 0 Å². The van der Waals surface area contributed by atoms with Crippen molar-refractivity contribution in [2.45, 2.75) is 45.4 Å². The fourth-order valence-corrected chi connectivity index (χ4v) is 10.1. The summed E-state index contributed by atoms with van der Waals surface area (Å²) in [4.78, 5) is 4.89. The number of aryl methyl sites for hydroxylation is 1. The van der Waals surface area contributed by atoms with E-state index < -0.39 is 0 Å². The Bertz CT molecular complexity index is 2940. The number of ether oxygens (including phenoxy) is 1. The molecule has 58 heavy (non-hydrogen) atoms. The first kappa shape index (κ1) is 34.4. The molecule has 0 N–H and O–H groups in total. The van der Waals surface area contributed by atoms with Gasteiger partial charge in [-0.2, -0.15) is 0 Å². The molecular weight excluding hydrogens is 705 g/mol. The molecule has 0 atom stereocenters. The van der Waals surface area contributed by atoms with Crippen molar-refractivity contribution in [2.24, 2.45) is 0 Å². The molecule has 280 valence electrons. The van der Waals surface area contributed by atoms with Crippen LogP contribution in [0.1, 0.15) is 55.5 Å². The quantitative estimate of drug-likeness (QED) is 0.174. The molecule has 0 amide bonds. The van der Waals surface area contributed by atoms with E-state index in [9.17, 15) is 0 Å². The number of rotatable bonds is 5. The third-order valence-corrected chi connectivity index (χ3v) is 12.9. The van der Waals surface area contributed by atoms with Crippen molar-refractivity contribution in [1.82, 2.24) is 0 Å². The van der Waals surface area contributed by atoms with Crippen LogP contribution < -0.4 is 14.5 Å². The van der Waals surface area contributed by atoms with Gasteiger partial charge in [0.05, 0.1) is 22.7 Å². The zero-order valence-corrected chi connectivity index (χ0v) is 33.5. The minimum absolute atomic E-state index is 0.119. The summed E-state index contributed by atoms with van der Waals surface area (Å²) < 4.78 is 6.72. The Hall–Kier alpha value is -6.84. The SMILES string of the molecule is Cc1cccc2c1N1c3ccccc3C(C)(C)c3c(-c4ccc(N(c5ccc6c(c5)C(C)(C)c5ccccc5-6)c5ccccc5-c5ccccc5)cc4)ccc(c31)O2. The minimum Gasteiger partial charge on any atom is -0.453 e. The first-order chi connectivity index (χ1) is 28.2. The highest BCUT2D eigenvalue weighted by Crippen LogP contribution is 2.62. The van der Waals surface area contributed by atoms with Gasteiger partial charge < -0.3 is 14.5 Å². The summed E-state index contributed by atoms with van der Waals surface area (Å²) in [5.74, 6) is 1.78. The fraction of sp³-hybridized carbons (Fsp3) is 0.127. The Morgan fingerprint density at radius 1 is 0.448 bits per heavy atom. The second kappa shape index (κ2) is 12.6. The summed E-state index contributed by atoms with van der Waals surface area (Å²) in [5.41, 5.74) is 20.3. The average Bonchev–Trinajstić information content (AvgIpc) is 3.48. The summed E-state index contributed by atoms with van der Waals surface area (Å²) >= 11 is 0. The Balaban J connectivity index is 1.08. The molecule has 3 nitrogen and oxygen atoms in total. The van der Waals surface area contributed by atoms with Crippen LogP contribution in [0, 0.1) is 6.92 Å². The van der Waals surface area contributed by atoms with Crippen molar-refractivity contribution in [3.05, 3.63) is 204 Å².